The average molecular weight is 504 g/mol. The Hall–Kier alpha value is -0.0400. The van der Waals surface area contributed by atoms with E-state index in [0.717, 1.165) is 11.5 Å². The van der Waals surface area contributed by atoms with Crippen LogP contribution in [-0.4, -0.2) is 62.6 Å². The molecule has 24 heavy (non-hydrogen) atoms. The highest BCUT2D eigenvalue weighted by molar-refractivity contribution is 14.0. The molecule has 1 aromatic rings. The lowest BCUT2D eigenvalue weighted by molar-refractivity contribution is 0.443. The zero-order chi connectivity index (χ0) is 16.7. The number of guanidine groups is 1. The van der Waals surface area contributed by atoms with E-state index in [0.29, 0.717) is 32.1 Å². The summed E-state index contributed by atoms with van der Waals surface area (Å²) in [5, 5.41) is 8.36. The first-order valence-electron chi connectivity index (χ1n) is 7.56. The fourth-order valence-corrected chi connectivity index (χ4v) is 5.56. The largest absolute Gasteiger partial charge is 0.355 e. The number of aliphatic imine (C=N–C) groups is 1. The molecule has 0 spiro atoms. The predicted molar refractivity (Wildman–Crippen MR) is 115 cm³/mol. The summed E-state index contributed by atoms with van der Waals surface area (Å²) in [4.78, 5) is 5.39. The van der Waals surface area contributed by atoms with Gasteiger partial charge < -0.3 is 10.6 Å². The van der Waals surface area contributed by atoms with Crippen LogP contribution in [0.15, 0.2) is 16.4 Å². The van der Waals surface area contributed by atoms with Crippen molar-refractivity contribution in [3.63, 3.8) is 0 Å². The summed E-state index contributed by atoms with van der Waals surface area (Å²) in [5.74, 6) is 2.49. The summed E-state index contributed by atoms with van der Waals surface area (Å²) in [7, 11) is -1.49. The monoisotopic (exact) mass is 504 g/mol. The third-order valence-corrected chi connectivity index (χ3v) is 7.46. The fraction of sp³-hybridized carbons (Fsp3) is 0.643. The van der Waals surface area contributed by atoms with Crippen molar-refractivity contribution in [1.29, 1.82) is 0 Å². The van der Waals surface area contributed by atoms with E-state index in [-0.39, 0.29) is 29.7 Å². The summed E-state index contributed by atoms with van der Waals surface area (Å²) in [6.45, 7) is 4.37. The zero-order valence-electron chi connectivity index (χ0n) is 13.9. The maximum absolute atomic E-state index is 12.3. The number of sulfonamides is 1. The van der Waals surface area contributed by atoms with Crippen LogP contribution in [0.2, 0.25) is 0 Å². The SMILES string of the molecule is CN=C(NCCS(=O)(=O)N1CCSCC1)NCc1sccc1C.I. The Balaban J connectivity index is 0.00000288. The molecule has 0 radical (unpaired) electrons. The predicted octanol–water partition coefficient (Wildman–Crippen LogP) is 1.72. The van der Waals surface area contributed by atoms with Crippen LogP contribution in [0, 0.1) is 6.92 Å². The molecule has 10 heteroatoms. The van der Waals surface area contributed by atoms with E-state index in [1.807, 2.05) is 0 Å². The van der Waals surface area contributed by atoms with E-state index in [1.54, 1.807) is 34.5 Å². The highest BCUT2D eigenvalue weighted by Crippen LogP contribution is 2.15. The normalized spacial score (nSPS) is 16.5. The summed E-state index contributed by atoms with van der Waals surface area (Å²) in [6, 6.07) is 2.08. The first kappa shape index (κ1) is 22.0. The standard InChI is InChI=1S/C14H24N4O2S3.HI/c1-12-3-7-22-13(12)11-17-14(15-2)16-4-10-23(19,20)18-5-8-21-9-6-18;/h3,7H,4-6,8-11H2,1-2H3,(H2,15,16,17);1H. The number of halogens is 1. The molecule has 1 fully saturated rings. The second-order valence-electron chi connectivity index (χ2n) is 5.21. The van der Waals surface area contributed by atoms with Gasteiger partial charge in [0.05, 0.1) is 12.3 Å². The fourth-order valence-electron chi connectivity index (χ4n) is 2.22. The van der Waals surface area contributed by atoms with Crippen molar-refractivity contribution >= 4 is 63.1 Å². The molecule has 2 rings (SSSR count). The molecule has 0 bridgehead atoms. The second kappa shape index (κ2) is 10.8. The highest BCUT2D eigenvalue weighted by Gasteiger charge is 2.23. The molecule has 0 unspecified atom stereocenters. The molecule has 2 N–H and O–H groups in total. The molecule has 0 amide bonds. The topological polar surface area (TPSA) is 73.8 Å². The van der Waals surface area contributed by atoms with Gasteiger partial charge in [0, 0.05) is 43.1 Å². The minimum atomic E-state index is -3.18. The van der Waals surface area contributed by atoms with Crippen molar-refractivity contribution in [2.75, 3.05) is 43.9 Å². The molecule has 138 valence electrons. The van der Waals surface area contributed by atoms with Gasteiger partial charge in [0.2, 0.25) is 10.0 Å². The van der Waals surface area contributed by atoms with Crippen LogP contribution in [0.1, 0.15) is 10.4 Å². The lowest BCUT2D eigenvalue weighted by Gasteiger charge is -2.25. The number of aryl methyl sites for hydroxylation is 1. The number of thioether (sulfide) groups is 1. The Labute approximate surface area is 169 Å². The van der Waals surface area contributed by atoms with Crippen LogP contribution < -0.4 is 10.6 Å². The van der Waals surface area contributed by atoms with Crippen LogP contribution in [0.3, 0.4) is 0 Å². The minimum absolute atomic E-state index is 0. The van der Waals surface area contributed by atoms with Crippen LogP contribution >= 0.6 is 47.1 Å². The van der Waals surface area contributed by atoms with E-state index in [9.17, 15) is 8.42 Å². The number of rotatable bonds is 6. The van der Waals surface area contributed by atoms with Crippen molar-refractivity contribution in [1.82, 2.24) is 14.9 Å². The van der Waals surface area contributed by atoms with Gasteiger partial charge in [0.1, 0.15) is 0 Å². The van der Waals surface area contributed by atoms with Gasteiger partial charge >= 0.3 is 0 Å². The van der Waals surface area contributed by atoms with E-state index < -0.39 is 10.0 Å². The van der Waals surface area contributed by atoms with Gasteiger partial charge in [-0.05, 0) is 23.9 Å². The van der Waals surface area contributed by atoms with Gasteiger partial charge in [0.15, 0.2) is 5.96 Å². The Morgan fingerprint density at radius 3 is 2.62 bits per heavy atom. The molecule has 1 aliphatic rings. The van der Waals surface area contributed by atoms with Crippen molar-refractivity contribution in [2.24, 2.45) is 4.99 Å². The molecular weight excluding hydrogens is 479 g/mol. The lowest BCUT2D eigenvalue weighted by Crippen LogP contribution is -2.44. The molecule has 1 saturated heterocycles. The minimum Gasteiger partial charge on any atom is -0.355 e. The molecule has 1 aromatic heterocycles. The Bertz CT molecular complexity index is 628. The Kier molecular flexibility index (Phi) is 9.94. The molecular formula is C14H25IN4O2S3. The van der Waals surface area contributed by atoms with E-state index in [2.05, 4.69) is 34.0 Å². The second-order valence-corrected chi connectivity index (χ2v) is 9.52. The maximum Gasteiger partial charge on any atom is 0.215 e. The maximum atomic E-state index is 12.3. The van der Waals surface area contributed by atoms with Gasteiger partial charge in [-0.1, -0.05) is 0 Å². The van der Waals surface area contributed by atoms with Crippen LogP contribution in [0.25, 0.3) is 0 Å². The molecule has 6 nitrogen and oxygen atoms in total. The Morgan fingerprint density at radius 2 is 2.04 bits per heavy atom. The average Bonchev–Trinajstić information content (AvgIpc) is 2.96. The van der Waals surface area contributed by atoms with Gasteiger partial charge in [-0.2, -0.15) is 11.8 Å². The summed E-state index contributed by atoms with van der Waals surface area (Å²) >= 11 is 3.50. The highest BCUT2D eigenvalue weighted by atomic mass is 127. The van der Waals surface area contributed by atoms with E-state index in [1.165, 1.54) is 10.4 Å². The number of nitrogens with one attached hydrogen (secondary N) is 2. The zero-order valence-corrected chi connectivity index (χ0v) is 18.7. The van der Waals surface area contributed by atoms with Crippen molar-refractivity contribution in [3.8, 4) is 0 Å². The number of hydrogen-bond donors (Lipinski definition) is 2. The third kappa shape index (κ3) is 6.70. The van der Waals surface area contributed by atoms with E-state index in [4.69, 9.17) is 0 Å². The quantitative estimate of drug-likeness (QED) is 0.351. The molecule has 1 aliphatic heterocycles. The summed E-state index contributed by atoms with van der Waals surface area (Å²) in [5.41, 5.74) is 1.25. The molecule has 0 saturated carbocycles. The first-order chi connectivity index (χ1) is 11.0. The lowest BCUT2D eigenvalue weighted by atomic mass is 10.3. The summed E-state index contributed by atoms with van der Waals surface area (Å²) in [6.07, 6.45) is 0. The van der Waals surface area contributed by atoms with Gasteiger partial charge in [0.25, 0.3) is 0 Å². The molecule has 0 atom stereocenters. The molecule has 0 aromatic carbocycles. The molecule has 0 aliphatic carbocycles. The van der Waals surface area contributed by atoms with Crippen LogP contribution in [0.5, 0.6) is 0 Å². The Morgan fingerprint density at radius 1 is 1.33 bits per heavy atom. The third-order valence-electron chi connectivity index (χ3n) is 3.62. The van der Waals surface area contributed by atoms with Crippen LogP contribution in [-0.2, 0) is 16.6 Å². The van der Waals surface area contributed by atoms with Crippen molar-refractivity contribution in [2.45, 2.75) is 13.5 Å². The number of thiophene rings is 1. The van der Waals surface area contributed by atoms with Crippen LogP contribution in [0.4, 0.5) is 0 Å². The smallest absolute Gasteiger partial charge is 0.215 e. The van der Waals surface area contributed by atoms with Gasteiger partial charge in [-0.3, -0.25) is 4.99 Å². The van der Waals surface area contributed by atoms with Gasteiger partial charge in [-0.15, -0.1) is 35.3 Å². The van der Waals surface area contributed by atoms with Crippen molar-refractivity contribution < 1.29 is 8.42 Å². The first-order valence-corrected chi connectivity index (χ1v) is 11.2. The number of nitrogens with zero attached hydrogens (tertiary/aromatic N) is 2. The van der Waals surface area contributed by atoms with Gasteiger partial charge in [-0.25, -0.2) is 12.7 Å². The van der Waals surface area contributed by atoms with Crippen molar-refractivity contribution in [3.05, 3.63) is 21.9 Å². The summed E-state index contributed by atoms with van der Waals surface area (Å²) < 4.78 is 26.1. The van der Waals surface area contributed by atoms with E-state index >= 15 is 0 Å². The number of hydrogen-bond acceptors (Lipinski definition) is 5. The molecule has 2 heterocycles.